The van der Waals surface area contributed by atoms with Gasteiger partial charge in [-0.25, -0.2) is 0 Å². The summed E-state index contributed by atoms with van der Waals surface area (Å²) in [6.07, 6.45) is 0. The molecule has 1 fully saturated rings. The second-order valence-corrected chi connectivity index (χ2v) is 9.35. The largest absolute Gasteiger partial charge is 0.395 e. The summed E-state index contributed by atoms with van der Waals surface area (Å²) in [5.74, 6) is 4.68. The molecule has 0 aromatic rings. The normalized spacial score (nSPS) is 28.7. The fourth-order valence-corrected chi connectivity index (χ4v) is 3.84. The maximum Gasteiger partial charge on any atom is 0.0718 e. The molecule has 0 spiro atoms. The zero-order valence-corrected chi connectivity index (χ0v) is 20.6. The van der Waals surface area contributed by atoms with Crippen LogP contribution in [0.15, 0.2) is 0 Å². The van der Waals surface area contributed by atoms with Crippen molar-refractivity contribution in [3.63, 3.8) is 0 Å². The average molecular weight is 408 g/mol. The smallest absolute Gasteiger partial charge is 0.0718 e. The molecule has 0 unspecified atom stereocenters. The van der Waals surface area contributed by atoms with Crippen LogP contribution in [0.4, 0.5) is 0 Å². The van der Waals surface area contributed by atoms with Gasteiger partial charge in [-0.1, -0.05) is 34.6 Å². The van der Waals surface area contributed by atoms with E-state index in [2.05, 4.69) is 34.6 Å². The summed E-state index contributed by atoms with van der Waals surface area (Å²) in [5, 5.41) is 28.0. The van der Waals surface area contributed by atoms with E-state index >= 15 is 0 Å². The van der Waals surface area contributed by atoms with Crippen molar-refractivity contribution in [2.45, 2.75) is 73.5 Å². The van der Waals surface area contributed by atoms with E-state index < -0.39 is 11.2 Å². The van der Waals surface area contributed by atoms with Gasteiger partial charge in [0.05, 0.1) is 17.8 Å². The molecule has 1 saturated carbocycles. The van der Waals surface area contributed by atoms with Gasteiger partial charge in [-0.2, -0.15) is 0 Å². The summed E-state index contributed by atoms with van der Waals surface area (Å²) in [6.45, 7) is 20.2. The fraction of sp³-hybridized carbons (Fsp3) is 0.952. The quantitative estimate of drug-likeness (QED) is 0.465. The van der Waals surface area contributed by atoms with E-state index in [1.165, 1.54) is 0 Å². The Morgan fingerprint density at radius 2 is 0.923 bits per heavy atom. The molecule has 0 radical (unpaired) electrons. The van der Waals surface area contributed by atoms with Gasteiger partial charge in [-0.15, -0.1) is 0 Å². The Hall–Kier alpha value is 0.554. The van der Waals surface area contributed by atoms with Gasteiger partial charge in [-0.05, 0) is 57.3 Å². The summed E-state index contributed by atoms with van der Waals surface area (Å²) in [7, 11) is 0. The Balaban J connectivity index is -0.000000393. The van der Waals surface area contributed by atoms with Gasteiger partial charge < -0.3 is 22.7 Å². The van der Waals surface area contributed by atoms with Crippen molar-refractivity contribution in [1.29, 1.82) is 0 Å². The van der Waals surface area contributed by atoms with E-state index in [1.54, 1.807) is 27.7 Å². The molecule has 5 heteroatoms. The standard InChI is InChI=1S/C10H23NO3.C10H20.CH3.Ti/c1-9(2,13)7-11(5-6-12)8-10(3,4)14;1-6-7(2)9(4)10(5)8(6)3;;/h12-14H,5-8H2,1-4H3;6-10H,1-5H3;1H3;/q;;-1;. The molecule has 158 valence electrons. The van der Waals surface area contributed by atoms with E-state index in [4.69, 9.17) is 5.11 Å². The van der Waals surface area contributed by atoms with E-state index in [0.29, 0.717) is 19.6 Å². The first-order valence-corrected chi connectivity index (χ1v) is 9.47. The number of hydrogen-bond acceptors (Lipinski definition) is 4. The number of rotatable bonds is 6. The summed E-state index contributed by atoms with van der Waals surface area (Å²) in [6, 6.07) is 0. The molecule has 0 saturated heterocycles. The minimum Gasteiger partial charge on any atom is -0.395 e. The predicted octanol–water partition coefficient (Wildman–Crippen LogP) is 3.45. The molecular weight excluding hydrogens is 362 g/mol. The Bertz CT molecular complexity index is 291. The molecule has 1 aliphatic rings. The molecule has 26 heavy (non-hydrogen) atoms. The van der Waals surface area contributed by atoms with Gasteiger partial charge in [0, 0.05) is 41.4 Å². The van der Waals surface area contributed by atoms with Crippen molar-refractivity contribution in [3.8, 4) is 0 Å². The molecular formula is C21H46NO3Ti-. The van der Waals surface area contributed by atoms with Crippen molar-refractivity contribution >= 4 is 0 Å². The molecule has 0 aromatic carbocycles. The molecule has 3 N–H and O–H groups in total. The van der Waals surface area contributed by atoms with Crippen LogP contribution in [0.25, 0.3) is 0 Å². The number of aliphatic hydroxyl groups excluding tert-OH is 1. The van der Waals surface area contributed by atoms with E-state index in [-0.39, 0.29) is 35.8 Å². The van der Waals surface area contributed by atoms with Gasteiger partial charge in [-0.3, -0.25) is 4.90 Å². The zero-order chi connectivity index (χ0) is 19.3. The van der Waals surface area contributed by atoms with Gasteiger partial charge in [0.1, 0.15) is 0 Å². The first-order chi connectivity index (χ1) is 10.7. The fourth-order valence-electron chi connectivity index (χ4n) is 3.84. The first-order valence-electron chi connectivity index (χ1n) is 9.47. The predicted molar refractivity (Wildman–Crippen MR) is 108 cm³/mol. The summed E-state index contributed by atoms with van der Waals surface area (Å²) in [5.41, 5.74) is -1.61. The molecule has 1 aliphatic carbocycles. The van der Waals surface area contributed by atoms with Crippen molar-refractivity contribution in [3.05, 3.63) is 7.43 Å². The first kappa shape index (κ1) is 31.3. The minimum absolute atomic E-state index is 0. The third kappa shape index (κ3) is 12.1. The van der Waals surface area contributed by atoms with Crippen LogP contribution in [0.1, 0.15) is 62.3 Å². The van der Waals surface area contributed by atoms with Crippen LogP contribution in [0.3, 0.4) is 0 Å². The van der Waals surface area contributed by atoms with E-state index in [0.717, 1.165) is 29.6 Å². The summed E-state index contributed by atoms with van der Waals surface area (Å²) in [4.78, 5) is 1.85. The van der Waals surface area contributed by atoms with Crippen molar-refractivity contribution in [2.75, 3.05) is 26.2 Å². The third-order valence-electron chi connectivity index (χ3n) is 5.78. The molecule has 0 aliphatic heterocycles. The third-order valence-corrected chi connectivity index (χ3v) is 5.78. The Labute approximate surface area is 178 Å². The van der Waals surface area contributed by atoms with Gasteiger partial charge in [0.15, 0.2) is 0 Å². The molecule has 0 aromatic heterocycles. The van der Waals surface area contributed by atoms with Gasteiger partial charge in [0.2, 0.25) is 0 Å². The molecule has 0 heterocycles. The number of hydrogen-bond donors (Lipinski definition) is 3. The van der Waals surface area contributed by atoms with Crippen LogP contribution in [0.5, 0.6) is 0 Å². The molecule has 0 amide bonds. The molecule has 0 bridgehead atoms. The molecule has 0 atom stereocenters. The number of aliphatic hydroxyl groups is 3. The minimum atomic E-state index is -0.805. The van der Waals surface area contributed by atoms with Gasteiger partial charge >= 0.3 is 0 Å². The second-order valence-electron chi connectivity index (χ2n) is 9.35. The van der Waals surface area contributed by atoms with Crippen LogP contribution < -0.4 is 0 Å². The maximum atomic E-state index is 9.61. The van der Waals surface area contributed by atoms with E-state index in [9.17, 15) is 10.2 Å². The number of nitrogens with zero attached hydrogens (tertiary/aromatic N) is 1. The van der Waals surface area contributed by atoms with Gasteiger partial charge in [0.25, 0.3) is 0 Å². The Morgan fingerprint density at radius 1 is 0.692 bits per heavy atom. The topological polar surface area (TPSA) is 63.9 Å². The van der Waals surface area contributed by atoms with Crippen LogP contribution in [-0.2, 0) is 21.7 Å². The Kier molecular flexibility index (Phi) is 15.5. The van der Waals surface area contributed by atoms with Crippen LogP contribution in [0.2, 0.25) is 0 Å². The van der Waals surface area contributed by atoms with Crippen LogP contribution in [-0.4, -0.2) is 57.7 Å². The van der Waals surface area contributed by atoms with Crippen LogP contribution in [0, 0.1) is 37.0 Å². The van der Waals surface area contributed by atoms with Crippen molar-refractivity contribution in [1.82, 2.24) is 4.90 Å². The van der Waals surface area contributed by atoms with Crippen molar-refractivity contribution < 1.29 is 37.0 Å². The average Bonchev–Trinajstić information content (AvgIpc) is 2.54. The zero-order valence-electron chi connectivity index (χ0n) is 19.0. The van der Waals surface area contributed by atoms with E-state index in [1.807, 2.05) is 4.90 Å². The molecule has 4 nitrogen and oxygen atoms in total. The van der Waals surface area contributed by atoms with Crippen molar-refractivity contribution in [2.24, 2.45) is 29.6 Å². The maximum absolute atomic E-state index is 9.61. The summed E-state index contributed by atoms with van der Waals surface area (Å²) >= 11 is 0. The second kappa shape index (κ2) is 12.9. The Morgan fingerprint density at radius 3 is 1.08 bits per heavy atom. The summed E-state index contributed by atoms with van der Waals surface area (Å²) < 4.78 is 0. The molecule has 1 rings (SSSR count). The monoisotopic (exact) mass is 408 g/mol. The van der Waals surface area contributed by atoms with Crippen LogP contribution >= 0.6 is 0 Å². The SMILES string of the molecule is CC(C)(O)CN(CCO)CC(C)(C)O.CC1C(C)C(C)C(C)C1C.[CH3-].[Ti].